The standard InChI is InChI=1S/C15H13FN2O4S/c16-9-5-8-10(6-11(9)17-1-3-22-4-2-17)18-7-23-14(18)12(13(8)19)15(20)21/h5-6H,1-4,7H2,(H,20,21). The molecule has 0 bridgehead atoms. The van der Waals surface area contributed by atoms with E-state index in [2.05, 4.69) is 0 Å². The summed E-state index contributed by atoms with van der Waals surface area (Å²) in [7, 11) is 0. The van der Waals surface area contributed by atoms with Crippen molar-refractivity contribution in [2.24, 2.45) is 0 Å². The summed E-state index contributed by atoms with van der Waals surface area (Å²) in [5.41, 5.74) is 0.108. The number of fused-ring (bicyclic) bond motifs is 3. The van der Waals surface area contributed by atoms with Crippen LogP contribution in [0.15, 0.2) is 22.0 Å². The van der Waals surface area contributed by atoms with Crippen LogP contribution in [-0.2, 0) is 10.6 Å². The molecule has 1 aromatic carbocycles. The molecule has 0 unspecified atom stereocenters. The van der Waals surface area contributed by atoms with E-state index in [0.717, 1.165) is 6.07 Å². The largest absolute Gasteiger partial charge is 0.477 e. The van der Waals surface area contributed by atoms with Crippen LogP contribution in [0.1, 0.15) is 10.4 Å². The third kappa shape index (κ3) is 2.13. The third-order valence-electron chi connectivity index (χ3n) is 4.18. The highest BCUT2D eigenvalue weighted by Crippen LogP contribution is 2.37. The molecule has 120 valence electrons. The van der Waals surface area contributed by atoms with Gasteiger partial charge in [0.25, 0.3) is 0 Å². The Morgan fingerprint density at radius 1 is 1.30 bits per heavy atom. The Balaban J connectivity index is 1.96. The number of anilines is 1. The molecule has 0 atom stereocenters. The van der Waals surface area contributed by atoms with Crippen molar-refractivity contribution in [3.05, 3.63) is 33.7 Å². The first kappa shape index (κ1) is 14.5. The Kier molecular flexibility index (Phi) is 3.31. The van der Waals surface area contributed by atoms with E-state index in [1.54, 1.807) is 10.6 Å². The van der Waals surface area contributed by atoms with Crippen molar-refractivity contribution in [3.8, 4) is 0 Å². The van der Waals surface area contributed by atoms with E-state index in [1.165, 1.54) is 11.8 Å². The number of benzene rings is 1. The van der Waals surface area contributed by atoms with Gasteiger partial charge in [0.2, 0.25) is 5.43 Å². The van der Waals surface area contributed by atoms with Crippen LogP contribution in [0.4, 0.5) is 10.1 Å². The first-order chi connectivity index (χ1) is 11.1. The molecule has 1 N–H and O–H groups in total. The number of hydrogen-bond donors (Lipinski definition) is 1. The van der Waals surface area contributed by atoms with Gasteiger partial charge in [-0.15, -0.1) is 0 Å². The van der Waals surface area contributed by atoms with Gasteiger partial charge >= 0.3 is 5.97 Å². The molecular formula is C15H13FN2O4S. The lowest BCUT2D eigenvalue weighted by molar-refractivity contribution is 0.0689. The molecule has 6 nitrogen and oxygen atoms in total. The van der Waals surface area contributed by atoms with Crippen molar-refractivity contribution in [3.63, 3.8) is 0 Å². The van der Waals surface area contributed by atoms with Crippen LogP contribution in [0.3, 0.4) is 0 Å². The Hall–Kier alpha value is -2.06. The van der Waals surface area contributed by atoms with Gasteiger partial charge in [-0.1, -0.05) is 11.8 Å². The number of rotatable bonds is 2. The number of hydrogen-bond acceptors (Lipinski definition) is 5. The Bertz CT molecular complexity index is 889. The van der Waals surface area contributed by atoms with E-state index in [-0.39, 0.29) is 10.9 Å². The molecular weight excluding hydrogens is 323 g/mol. The van der Waals surface area contributed by atoms with E-state index in [9.17, 15) is 19.1 Å². The SMILES string of the molecule is O=C(O)c1c2n(c3cc(N4CCOCC4)c(F)cc3c1=O)CS2. The molecule has 2 aliphatic heterocycles. The molecule has 0 aliphatic carbocycles. The number of pyridine rings is 1. The number of halogens is 1. The summed E-state index contributed by atoms with van der Waals surface area (Å²) in [6.07, 6.45) is 0. The maximum Gasteiger partial charge on any atom is 0.342 e. The van der Waals surface area contributed by atoms with Gasteiger partial charge in [-0.05, 0) is 12.1 Å². The molecule has 8 heteroatoms. The molecule has 23 heavy (non-hydrogen) atoms. The maximum absolute atomic E-state index is 14.5. The molecule has 1 saturated heterocycles. The molecule has 0 amide bonds. The zero-order chi connectivity index (χ0) is 16.1. The first-order valence-electron chi connectivity index (χ1n) is 7.17. The Morgan fingerprint density at radius 2 is 2.04 bits per heavy atom. The predicted octanol–water partition coefficient (Wildman–Crippen LogP) is 1.74. The summed E-state index contributed by atoms with van der Waals surface area (Å²) in [5, 5.41) is 9.80. The van der Waals surface area contributed by atoms with Gasteiger partial charge in [0, 0.05) is 18.5 Å². The number of ether oxygens (including phenoxy) is 1. The molecule has 1 fully saturated rings. The highest BCUT2D eigenvalue weighted by molar-refractivity contribution is 7.99. The summed E-state index contributed by atoms with van der Waals surface area (Å²) >= 11 is 1.32. The second-order valence-electron chi connectivity index (χ2n) is 5.44. The van der Waals surface area contributed by atoms with Crippen LogP contribution >= 0.6 is 11.8 Å². The monoisotopic (exact) mass is 336 g/mol. The molecule has 0 spiro atoms. The summed E-state index contributed by atoms with van der Waals surface area (Å²) in [5.74, 6) is -1.23. The van der Waals surface area contributed by atoms with Crippen LogP contribution in [0, 0.1) is 5.82 Å². The summed E-state index contributed by atoms with van der Waals surface area (Å²) in [4.78, 5) is 25.6. The van der Waals surface area contributed by atoms with Gasteiger partial charge in [-0.3, -0.25) is 4.79 Å². The molecule has 1 aromatic heterocycles. The second-order valence-corrected chi connectivity index (χ2v) is 6.37. The third-order valence-corrected chi connectivity index (χ3v) is 5.27. The van der Waals surface area contributed by atoms with Crippen molar-refractivity contribution in [1.29, 1.82) is 0 Å². The van der Waals surface area contributed by atoms with Gasteiger partial charge in [0.05, 0.1) is 35.3 Å². The lowest BCUT2D eigenvalue weighted by Gasteiger charge is -2.31. The number of nitrogens with zero attached hydrogens (tertiary/aromatic N) is 2. The average Bonchev–Trinajstić information content (AvgIpc) is 2.51. The lowest BCUT2D eigenvalue weighted by Crippen LogP contribution is -2.37. The molecule has 2 aliphatic rings. The minimum Gasteiger partial charge on any atom is -0.477 e. The number of carboxylic acids is 1. The topological polar surface area (TPSA) is 71.8 Å². The molecule has 0 radical (unpaired) electrons. The fourth-order valence-corrected chi connectivity index (χ4v) is 3.95. The Labute approximate surface area is 134 Å². The number of carboxylic acid groups (broad SMARTS) is 1. The van der Waals surface area contributed by atoms with Crippen molar-refractivity contribution >= 4 is 34.3 Å². The number of aromatic carboxylic acids is 1. The second kappa shape index (κ2) is 5.24. The van der Waals surface area contributed by atoms with Gasteiger partial charge in [0.1, 0.15) is 11.4 Å². The fraction of sp³-hybridized carbons (Fsp3) is 0.333. The fourth-order valence-electron chi connectivity index (χ4n) is 3.00. The van der Waals surface area contributed by atoms with Gasteiger partial charge in [-0.25, -0.2) is 9.18 Å². The predicted molar refractivity (Wildman–Crippen MR) is 84.0 cm³/mol. The Morgan fingerprint density at radius 3 is 2.65 bits per heavy atom. The zero-order valence-electron chi connectivity index (χ0n) is 12.0. The van der Waals surface area contributed by atoms with E-state index in [1.807, 2.05) is 4.90 Å². The quantitative estimate of drug-likeness (QED) is 0.901. The minimum absolute atomic E-state index is 0.112. The molecule has 4 rings (SSSR count). The van der Waals surface area contributed by atoms with Gasteiger partial charge < -0.3 is 19.3 Å². The number of carbonyl (C=O) groups is 1. The summed E-state index contributed by atoms with van der Waals surface area (Å²) in [6, 6.07) is 2.80. The van der Waals surface area contributed by atoms with Crippen LogP contribution in [0.2, 0.25) is 0 Å². The van der Waals surface area contributed by atoms with E-state index in [4.69, 9.17) is 4.74 Å². The van der Waals surface area contributed by atoms with E-state index >= 15 is 0 Å². The van der Waals surface area contributed by atoms with E-state index < -0.39 is 17.2 Å². The van der Waals surface area contributed by atoms with Crippen molar-refractivity contribution in [1.82, 2.24) is 4.57 Å². The molecule has 0 saturated carbocycles. The van der Waals surface area contributed by atoms with E-state index in [0.29, 0.717) is 48.4 Å². The van der Waals surface area contributed by atoms with Crippen LogP contribution in [0.5, 0.6) is 0 Å². The smallest absolute Gasteiger partial charge is 0.342 e. The van der Waals surface area contributed by atoms with Crippen LogP contribution < -0.4 is 10.3 Å². The summed E-state index contributed by atoms with van der Waals surface area (Å²) in [6.45, 7) is 2.23. The van der Waals surface area contributed by atoms with Gasteiger partial charge in [-0.2, -0.15) is 0 Å². The first-order valence-corrected chi connectivity index (χ1v) is 8.15. The molecule has 3 heterocycles. The summed E-state index contributed by atoms with van der Waals surface area (Å²) < 4.78 is 21.5. The number of morpholine rings is 1. The highest BCUT2D eigenvalue weighted by Gasteiger charge is 2.29. The van der Waals surface area contributed by atoms with Crippen molar-refractivity contribution in [2.45, 2.75) is 10.9 Å². The number of thioether (sulfide) groups is 1. The average molecular weight is 336 g/mol. The van der Waals surface area contributed by atoms with Gasteiger partial charge in [0.15, 0.2) is 0 Å². The zero-order valence-corrected chi connectivity index (χ0v) is 12.9. The van der Waals surface area contributed by atoms with Crippen LogP contribution in [0.25, 0.3) is 10.9 Å². The highest BCUT2D eigenvalue weighted by atomic mass is 32.2. The lowest BCUT2D eigenvalue weighted by atomic mass is 10.1. The maximum atomic E-state index is 14.5. The minimum atomic E-state index is -1.27. The van der Waals surface area contributed by atoms with Crippen LogP contribution in [-0.4, -0.2) is 41.9 Å². The number of aromatic nitrogens is 1. The molecule has 2 aromatic rings. The van der Waals surface area contributed by atoms with Crippen molar-refractivity contribution in [2.75, 3.05) is 31.2 Å². The normalized spacial score (nSPS) is 17.0. The van der Waals surface area contributed by atoms with Crippen molar-refractivity contribution < 1.29 is 19.0 Å².